The molecule has 0 aliphatic heterocycles. The summed E-state index contributed by atoms with van der Waals surface area (Å²) < 4.78 is 1.79. The lowest BCUT2D eigenvalue weighted by atomic mass is 9.84. The van der Waals surface area contributed by atoms with Gasteiger partial charge in [0.15, 0.2) is 0 Å². The van der Waals surface area contributed by atoms with E-state index < -0.39 is 5.91 Å². The van der Waals surface area contributed by atoms with Gasteiger partial charge < -0.3 is 16.8 Å². The van der Waals surface area contributed by atoms with Gasteiger partial charge in [0.05, 0.1) is 28.5 Å². The van der Waals surface area contributed by atoms with Gasteiger partial charge in [0.25, 0.3) is 5.91 Å². The summed E-state index contributed by atoms with van der Waals surface area (Å²) in [5.74, 6) is -0.503. The van der Waals surface area contributed by atoms with Gasteiger partial charge in [0, 0.05) is 35.4 Å². The maximum absolute atomic E-state index is 12.2. The molecule has 0 radical (unpaired) electrons. The standard InChI is InChI=1S/C24H26N6O/c1-24(2)20(25)7-8-21(24)29-22-17(23(26)31)12-28-30-13-16(11-19(22)30)14-5-6-18-15(10-14)4-3-9-27-18/h3-6,9-13,20-21,29H,7-8,25H2,1-2H3,(H2,26,31)/t20-,21+/m1/s1. The van der Waals surface area contributed by atoms with E-state index in [4.69, 9.17) is 11.5 Å². The first-order valence-electron chi connectivity index (χ1n) is 10.5. The van der Waals surface area contributed by atoms with Crippen molar-refractivity contribution in [3.63, 3.8) is 0 Å². The molecule has 0 spiro atoms. The summed E-state index contributed by atoms with van der Waals surface area (Å²) in [5, 5.41) is 9.10. The van der Waals surface area contributed by atoms with Gasteiger partial charge in [-0.05, 0) is 48.1 Å². The van der Waals surface area contributed by atoms with Crippen molar-refractivity contribution in [1.29, 1.82) is 0 Å². The predicted octanol–water partition coefficient (Wildman–Crippen LogP) is 3.58. The molecule has 4 aromatic rings. The van der Waals surface area contributed by atoms with Crippen molar-refractivity contribution < 1.29 is 4.79 Å². The first-order valence-corrected chi connectivity index (χ1v) is 10.5. The Kier molecular flexibility index (Phi) is 4.44. The fourth-order valence-corrected chi connectivity index (χ4v) is 4.59. The van der Waals surface area contributed by atoms with Crippen LogP contribution in [0.3, 0.4) is 0 Å². The molecule has 1 aliphatic carbocycles. The number of primary amides is 1. The second-order valence-corrected chi connectivity index (χ2v) is 8.97. The summed E-state index contributed by atoms with van der Waals surface area (Å²) in [7, 11) is 0. The van der Waals surface area contributed by atoms with Crippen molar-refractivity contribution in [2.24, 2.45) is 16.9 Å². The highest BCUT2D eigenvalue weighted by Crippen LogP contribution is 2.40. The number of anilines is 1. The van der Waals surface area contributed by atoms with Gasteiger partial charge in [-0.3, -0.25) is 9.78 Å². The van der Waals surface area contributed by atoms with E-state index in [1.54, 1.807) is 10.7 Å². The highest BCUT2D eigenvalue weighted by Gasteiger charge is 2.41. The third-order valence-electron chi connectivity index (χ3n) is 6.78. The number of carbonyl (C=O) groups excluding carboxylic acids is 1. The maximum atomic E-state index is 12.2. The lowest BCUT2D eigenvalue weighted by Crippen LogP contribution is -2.42. The lowest BCUT2D eigenvalue weighted by molar-refractivity contribution is 0.100. The molecule has 7 heteroatoms. The van der Waals surface area contributed by atoms with Gasteiger partial charge in [-0.1, -0.05) is 26.0 Å². The van der Waals surface area contributed by atoms with E-state index in [0.717, 1.165) is 40.4 Å². The van der Waals surface area contributed by atoms with Crippen LogP contribution in [0.1, 0.15) is 37.0 Å². The van der Waals surface area contributed by atoms with E-state index in [9.17, 15) is 4.79 Å². The summed E-state index contributed by atoms with van der Waals surface area (Å²) in [5.41, 5.74) is 16.9. The van der Waals surface area contributed by atoms with Crippen molar-refractivity contribution in [2.75, 3.05) is 5.32 Å². The molecule has 1 saturated carbocycles. The number of carbonyl (C=O) groups is 1. The van der Waals surface area contributed by atoms with Gasteiger partial charge in [0.2, 0.25) is 0 Å². The zero-order valence-corrected chi connectivity index (χ0v) is 17.7. The monoisotopic (exact) mass is 414 g/mol. The molecule has 5 rings (SSSR count). The van der Waals surface area contributed by atoms with Crippen molar-refractivity contribution in [3.05, 3.63) is 60.6 Å². The SMILES string of the molecule is CC1(C)[C@H](N)CC[C@@H]1Nc1c(C(N)=O)cnn2cc(-c3ccc4ncccc4c3)cc12. The van der Waals surface area contributed by atoms with Gasteiger partial charge in [0.1, 0.15) is 0 Å². The third kappa shape index (κ3) is 3.21. The Hall–Kier alpha value is -3.45. The summed E-state index contributed by atoms with van der Waals surface area (Å²) in [4.78, 5) is 16.6. The fourth-order valence-electron chi connectivity index (χ4n) is 4.59. The molecular formula is C24H26N6O. The number of hydrogen-bond acceptors (Lipinski definition) is 5. The predicted molar refractivity (Wildman–Crippen MR) is 123 cm³/mol. The van der Waals surface area contributed by atoms with Crippen LogP contribution in [0.25, 0.3) is 27.5 Å². The van der Waals surface area contributed by atoms with Crippen LogP contribution in [0.15, 0.2) is 55.0 Å². The van der Waals surface area contributed by atoms with E-state index in [-0.39, 0.29) is 17.5 Å². The quantitative estimate of drug-likeness (QED) is 0.473. The molecule has 1 fully saturated rings. The molecule has 1 aromatic carbocycles. The Morgan fingerprint density at radius 1 is 1.19 bits per heavy atom. The molecule has 0 bridgehead atoms. The number of hydrogen-bond donors (Lipinski definition) is 3. The van der Waals surface area contributed by atoms with Crippen LogP contribution in [0, 0.1) is 5.41 Å². The number of pyridine rings is 1. The topological polar surface area (TPSA) is 111 Å². The maximum Gasteiger partial charge on any atom is 0.252 e. The van der Waals surface area contributed by atoms with Gasteiger partial charge >= 0.3 is 0 Å². The Bertz CT molecular complexity index is 1310. The molecule has 5 N–H and O–H groups in total. The van der Waals surface area contributed by atoms with E-state index in [0.29, 0.717) is 11.3 Å². The molecule has 158 valence electrons. The minimum Gasteiger partial charge on any atom is -0.379 e. The van der Waals surface area contributed by atoms with Crippen molar-refractivity contribution >= 4 is 28.0 Å². The van der Waals surface area contributed by atoms with Crippen molar-refractivity contribution in [1.82, 2.24) is 14.6 Å². The molecule has 31 heavy (non-hydrogen) atoms. The molecule has 3 aromatic heterocycles. The smallest absolute Gasteiger partial charge is 0.252 e. The van der Waals surface area contributed by atoms with Crippen LogP contribution in [0.5, 0.6) is 0 Å². The third-order valence-corrected chi connectivity index (χ3v) is 6.78. The van der Waals surface area contributed by atoms with Gasteiger partial charge in [-0.2, -0.15) is 5.10 Å². The van der Waals surface area contributed by atoms with Crippen molar-refractivity contribution in [2.45, 2.75) is 38.8 Å². The van der Waals surface area contributed by atoms with Crippen molar-refractivity contribution in [3.8, 4) is 11.1 Å². The Morgan fingerprint density at radius 3 is 2.77 bits per heavy atom. The van der Waals surface area contributed by atoms with E-state index in [1.165, 1.54) is 6.20 Å². The molecule has 1 amide bonds. The molecular weight excluding hydrogens is 388 g/mol. The largest absolute Gasteiger partial charge is 0.379 e. The minimum absolute atomic E-state index is 0.101. The highest BCUT2D eigenvalue weighted by molar-refractivity contribution is 6.02. The number of nitrogens with one attached hydrogen (secondary N) is 1. The molecule has 2 atom stereocenters. The van der Waals surface area contributed by atoms with Crippen LogP contribution in [-0.2, 0) is 0 Å². The molecule has 0 unspecified atom stereocenters. The number of rotatable bonds is 4. The summed E-state index contributed by atoms with van der Waals surface area (Å²) in [6.45, 7) is 4.33. The Morgan fingerprint density at radius 2 is 2.03 bits per heavy atom. The van der Waals surface area contributed by atoms with Crippen LogP contribution >= 0.6 is 0 Å². The number of amides is 1. The van der Waals surface area contributed by atoms with E-state index >= 15 is 0 Å². The number of nitrogens with zero attached hydrogens (tertiary/aromatic N) is 3. The summed E-state index contributed by atoms with van der Waals surface area (Å²) in [6, 6.07) is 12.4. The van der Waals surface area contributed by atoms with E-state index in [1.807, 2.05) is 36.5 Å². The van der Waals surface area contributed by atoms with Crippen LogP contribution in [0.2, 0.25) is 0 Å². The normalized spacial score (nSPS) is 20.4. The van der Waals surface area contributed by atoms with E-state index in [2.05, 4.69) is 35.3 Å². The van der Waals surface area contributed by atoms with Crippen LogP contribution in [-0.4, -0.2) is 32.6 Å². The number of fused-ring (bicyclic) bond motifs is 2. The van der Waals surface area contributed by atoms with Crippen LogP contribution < -0.4 is 16.8 Å². The first kappa shape index (κ1) is 19.5. The molecule has 7 nitrogen and oxygen atoms in total. The van der Waals surface area contributed by atoms with Gasteiger partial charge in [-0.25, -0.2) is 4.52 Å². The fraction of sp³-hybridized carbons (Fsp3) is 0.292. The summed E-state index contributed by atoms with van der Waals surface area (Å²) in [6.07, 6.45) is 7.17. The Balaban J connectivity index is 1.62. The molecule has 1 aliphatic rings. The second kappa shape index (κ2) is 7.06. The second-order valence-electron chi connectivity index (χ2n) is 8.97. The first-order chi connectivity index (χ1) is 14.8. The number of nitrogens with two attached hydrogens (primary N) is 2. The molecule has 3 heterocycles. The number of aromatic nitrogens is 3. The lowest BCUT2D eigenvalue weighted by Gasteiger charge is -2.32. The number of benzene rings is 1. The Labute approximate surface area is 180 Å². The molecule has 0 saturated heterocycles. The zero-order chi connectivity index (χ0) is 21.8. The van der Waals surface area contributed by atoms with Gasteiger partial charge in [-0.15, -0.1) is 0 Å². The highest BCUT2D eigenvalue weighted by atomic mass is 16.1. The van der Waals surface area contributed by atoms with Crippen LogP contribution in [0.4, 0.5) is 5.69 Å². The summed E-state index contributed by atoms with van der Waals surface area (Å²) >= 11 is 0. The average molecular weight is 415 g/mol. The average Bonchev–Trinajstić information content (AvgIpc) is 3.30. The zero-order valence-electron chi connectivity index (χ0n) is 17.7. The minimum atomic E-state index is -0.503.